The molecule has 0 saturated carbocycles. The molecule has 1 aromatic carbocycles. The summed E-state index contributed by atoms with van der Waals surface area (Å²) in [6.07, 6.45) is 0. The predicted octanol–water partition coefficient (Wildman–Crippen LogP) is 2.76. The van der Waals surface area contributed by atoms with Gasteiger partial charge in [-0.1, -0.05) is 0 Å². The normalized spacial score (nSPS) is 10.9. The van der Waals surface area contributed by atoms with Crippen LogP contribution >= 0.6 is 11.6 Å². The van der Waals surface area contributed by atoms with Crippen molar-refractivity contribution < 1.29 is 13.2 Å². The lowest BCUT2D eigenvalue weighted by Crippen LogP contribution is -1.81. The Bertz CT molecular complexity index is 401. The monoisotopic (exact) mass is 189 g/mol. The van der Waals surface area contributed by atoms with Gasteiger partial charge in [-0.2, -0.15) is 4.98 Å². The Morgan fingerprint density at radius 2 is 1.92 bits per heavy atom. The van der Waals surface area contributed by atoms with E-state index in [1.807, 2.05) is 0 Å². The Balaban J connectivity index is 2.83. The number of hydrogen-bond acceptors (Lipinski definition) is 2. The summed E-state index contributed by atoms with van der Waals surface area (Å²) in [6.45, 7) is 0. The van der Waals surface area contributed by atoms with Crippen LogP contribution in [0.5, 0.6) is 0 Å². The lowest BCUT2D eigenvalue weighted by Gasteiger charge is -1.89. The number of rotatable bonds is 0. The second-order valence-corrected chi connectivity index (χ2v) is 2.52. The fourth-order valence-electron chi connectivity index (χ4n) is 0.895. The van der Waals surface area contributed by atoms with Gasteiger partial charge in [-0.25, -0.2) is 8.78 Å². The summed E-state index contributed by atoms with van der Waals surface area (Å²) in [5.74, 6) is -1.94. The smallest absolute Gasteiger partial charge is 0.293 e. The van der Waals surface area contributed by atoms with Crippen LogP contribution in [0.25, 0.3) is 11.1 Å². The number of fused-ring (bicyclic) bond motifs is 1. The van der Waals surface area contributed by atoms with Gasteiger partial charge < -0.3 is 4.42 Å². The van der Waals surface area contributed by atoms with Crippen molar-refractivity contribution in [1.29, 1.82) is 0 Å². The maximum atomic E-state index is 12.6. The van der Waals surface area contributed by atoms with Crippen LogP contribution in [-0.4, -0.2) is 4.98 Å². The van der Waals surface area contributed by atoms with E-state index in [9.17, 15) is 8.78 Å². The highest BCUT2D eigenvalue weighted by Gasteiger charge is 2.08. The number of halogens is 3. The zero-order chi connectivity index (χ0) is 8.72. The molecule has 5 heteroatoms. The average molecular weight is 190 g/mol. The van der Waals surface area contributed by atoms with E-state index in [-0.39, 0.29) is 16.4 Å². The van der Waals surface area contributed by atoms with Crippen molar-refractivity contribution in [2.45, 2.75) is 0 Å². The van der Waals surface area contributed by atoms with Crippen LogP contribution in [0.1, 0.15) is 0 Å². The predicted molar refractivity (Wildman–Crippen MR) is 38.9 cm³/mol. The molecule has 0 N–H and O–H groups in total. The quantitative estimate of drug-likeness (QED) is 0.637. The van der Waals surface area contributed by atoms with Crippen LogP contribution in [-0.2, 0) is 0 Å². The fourth-order valence-corrected chi connectivity index (χ4v) is 1.07. The molecule has 0 fully saturated rings. The third-order valence-electron chi connectivity index (χ3n) is 1.40. The molecule has 62 valence electrons. The van der Waals surface area contributed by atoms with Crippen LogP contribution < -0.4 is 0 Å². The molecule has 12 heavy (non-hydrogen) atoms. The van der Waals surface area contributed by atoms with E-state index in [1.54, 1.807) is 0 Å². The summed E-state index contributed by atoms with van der Waals surface area (Å²) in [7, 11) is 0. The minimum atomic E-state index is -0.977. The summed E-state index contributed by atoms with van der Waals surface area (Å²) >= 11 is 5.37. The van der Waals surface area contributed by atoms with Gasteiger partial charge in [0.15, 0.2) is 17.2 Å². The highest BCUT2D eigenvalue weighted by atomic mass is 35.5. The molecule has 0 saturated heterocycles. The average Bonchev–Trinajstić information content (AvgIpc) is 2.30. The molecule has 0 aliphatic heterocycles. The van der Waals surface area contributed by atoms with Crippen LogP contribution in [0.3, 0.4) is 0 Å². The topological polar surface area (TPSA) is 26.0 Å². The maximum absolute atomic E-state index is 12.6. The number of hydrogen-bond donors (Lipinski definition) is 0. The van der Waals surface area contributed by atoms with Crippen molar-refractivity contribution in [2.75, 3.05) is 0 Å². The van der Waals surface area contributed by atoms with Crippen LogP contribution in [0.2, 0.25) is 5.35 Å². The Kier molecular flexibility index (Phi) is 1.51. The molecule has 1 heterocycles. The van der Waals surface area contributed by atoms with Crippen LogP contribution in [0.15, 0.2) is 16.5 Å². The third kappa shape index (κ3) is 1.04. The molecule has 0 aliphatic rings. The van der Waals surface area contributed by atoms with E-state index in [0.717, 1.165) is 12.1 Å². The van der Waals surface area contributed by atoms with Gasteiger partial charge in [-0.15, -0.1) is 0 Å². The van der Waals surface area contributed by atoms with E-state index in [4.69, 9.17) is 16.0 Å². The largest absolute Gasteiger partial charge is 0.427 e. The first-order valence-electron chi connectivity index (χ1n) is 3.08. The summed E-state index contributed by atoms with van der Waals surface area (Å²) in [4.78, 5) is 3.61. The molecule has 0 radical (unpaired) electrons. The summed E-state index contributed by atoms with van der Waals surface area (Å²) in [5, 5.41) is -0.130. The van der Waals surface area contributed by atoms with Gasteiger partial charge in [-0.3, -0.25) is 0 Å². The minimum absolute atomic E-state index is 0.130. The van der Waals surface area contributed by atoms with Gasteiger partial charge in [0.2, 0.25) is 0 Å². The number of nitrogens with zero attached hydrogens (tertiary/aromatic N) is 1. The Labute approximate surface area is 70.8 Å². The SMILES string of the molecule is Fc1cc2nc(Cl)oc2cc1F. The van der Waals surface area contributed by atoms with Crippen LogP contribution in [0.4, 0.5) is 8.78 Å². The maximum Gasteiger partial charge on any atom is 0.293 e. The lowest BCUT2D eigenvalue weighted by atomic mass is 10.3. The highest BCUT2D eigenvalue weighted by molar-refractivity contribution is 6.28. The molecule has 2 aromatic rings. The second-order valence-electron chi connectivity index (χ2n) is 2.20. The molecule has 0 bridgehead atoms. The number of oxazole rings is 1. The lowest BCUT2D eigenvalue weighted by molar-refractivity contribution is 0.507. The molecule has 0 unspecified atom stereocenters. The molecule has 0 aliphatic carbocycles. The fraction of sp³-hybridized carbons (Fsp3) is 0. The number of aromatic nitrogens is 1. The molecule has 2 nitrogen and oxygen atoms in total. The first-order chi connectivity index (χ1) is 5.66. The van der Waals surface area contributed by atoms with E-state index >= 15 is 0 Å². The van der Waals surface area contributed by atoms with Gasteiger partial charge in [0.1, 0.15) is 5.52 Å². The first kappa shape index (κ1) is 7.49. The van der Waals surface area contributed by atoms with E-state index in [1.165, 1.54) is 0 Å². The van der Waals surface area contributed by atoms with Crippen molar-refractivity contribution >= 4 is 22.7 Å². The molecule has 0 amide bonds. The first-order valence-corrected chi connectivity index (χ1v) is 3.46. The summed E-state index contributed by atoms with van der Waals surface area (Å²) in [6, 6.07) is 1.84. The molecule has 2 rings (SSSR count). The van der Waals surface area contributed by atoms with E-state index < -0.39 is 11.6 Å². The van der Waals surface area contributed by atoms with E-state index in [0.29, 0.717) is 0 Å². The van der Waals surface area contributed by atoms with E-state index in [2.05, 4.69) is 4.98 Å². The summed E-state index contributed by atoms with van der Waals surface area (Å²) in [5.41, 5.74) is 0.345. The Morgan fingerprint density at radius 1 is 1.25 bits per heavy atom. The third-order valence-corrected chi connectivity index (χ3v) is 1.57. The van der Waals surface area contributed by atoms with Gasteiger partial charge in [0.25, 0.3) is 5.35 Å². The Hall–Kier alpha value is -1.16. The van der Waals surface area contributed by atoms with Gasteiger partial charge in [0.05, 0.1) is 0 Å². The molecular weight excluding hydrogens is 188 g/mol. The van der Waals surface area contributed by atoms with Crippen LogP contribution in [0, 0.1) is 11.6 Å². The minimum Gasteiger partial charge on any atom is -0.427 e. The molecule has 0 atom stereocenters. The van der Waals surface area contributed by atoms with Crippen molar-refractivity contribution in [3.05, 3.63) is 29.1 Å². The molecule has 1 aromatic heterocycles. The zero-order valence-electron chi connectivity index (χ0n) is 5.64. The standard InChI is InChI=1S/C7H2ClF2NO/c8-7-11-5-1-3(9)4(10)2-6(5)12-7/h1-2H. The van der Waals surface area contributed by atoms with Gasteiger partial charge in [0, 0.05) is 12.1 Å². The van der Waals surface area contributed by atoms with Crippen molar-refractivity contribution in [3.63, 3.8) is 0 Å². The van der Waals surface area contributed by atoms with Crippen molar-refractivity contribution in [1.82, 2.24) is 4.98 Å². The van der Waals surface area contributed by atoms with Gasteiger partial charge in [-0.05, 0) is 11.6 Å². The van der Waals surface area contributed by atoms with Crippen molar-refractivity contribution in [2.24, 2.45) is 0 Å². The second kappa shape index (κ2) is 2.42. The zero-order valence-corrected chi connectivity index (χ0v) is 6.40. The van der Waals surface area contributed by atoms with Gasteiger partial charge >= 0.3 is 0 Å². The number of benzene rings is 1. The van der Waals surface area contributed by atoms with Crippen molar-refractivity contribution in [3.8, 4) is 0 Å². The Morgan fingerprint density at radius 3 is 2.67 bits per heavy atom. The summed E-state index contributed by atoms with van der Waals surface area (Å²) < 4.78 is 29.9. The highest BCUT2D eigenvalue weighted by Crippen LogP contribution is 2.21. The molecular formula is C7H2ClF2NO. The molecule has 0 spiro atoms.